The Bertz CT molecular complexity index is 1380. The van der Waals surface area contributed by atoms with Gasteiger partial charge in [-0.15, -0.1) is 0 Å². The van der Waals surface area contributed by atoms with Crippen LogP contribution in [-0.4, -0.2) is 38.1 Å². The maximum absolute atomic E-state index is 13.2. The Morgan fingerprint density at radius 2 is 1.97 bits per heavy atom. The fraction of sp³-hybridized carbons (Fsp3) is 0.217. The number of halogens is 1. The molecule has 0 radical (unpaired) electrons. The van der Waals surface area contributed by atoms with Gasteiger partial charge in [0.15, 0.2) is 10.8 Å². The second-order valence-corrected chi connectivity index (χ2v) is 9.06. The SMILES string of the molecule is COc1ccc(CNC(=O)CC2CSc3nc4c(cnn4-c4ccc(Cl)cc4)c(=O)n32)cc1. The molecule has 3 heterocycles. The number of benzene rings is 2. The minimum absolute atomic E-state index is 0.117. The van der Waals surface area contributed by atoms with Gasteiger partial charge in [0.2, 0.25) is 5.91 Å². The average Bonchev–Trinajstić information content (AvgIpc) is 3.43. The number of hydrogen-bond donors (Lipinski definition) is 1. The first-order valence-corrected chi connectivity index (χ1v) is 11.7. The van der Waals surface area contributed by atoms with Gasteiger partial charge in [-0.2, -0.15) is 5.10 Å². The van der Waals surface area contributed by atoms with Crippen LogP contribution in [0.5, 0.6) is 5.75 Å². The molecule has 168 valence electrons. The number of methoxy groups -OCH3 is 1. The number of carbonyl (C=O) groups excluding carboxylic acids is 1. The van der Waals surface area contributed by atoms with Gasteiger partial charge in [-0.25, -0.2) is 9.67 Å². The van der Waals surface area contributed by atoms with E-state index in [1.807, 2.05) is 36.4 Å². The molecular formula is C23H20ClN5O3S. The van der Waals surface area contributed by atoms with Gasteiger partial charge >= 0.3 is 0 Å². The number of aromatic nitrogens is 4. The lowest BCUT2D eigenvalue weighted by atomic mass is 10.2. The van der Waals surface area contributed by atoms with E-state index in [9.17, 15) is 9.59 Å². The van der Waals surface area contributed by atoms with Crippen LogP contribution in [0.25, 0.3) is 16.7 Å². The van der Waals surface area contributed by atoms with Crippen molar-refractivity contribution >= 4 is 40.3 Å². The van der Waals surface area contributed by atoms with Crippen molar-refractivity contribution in [2.45, 2.75) is 24.2 Å². The molecular weight excluding hydrogens is 462 g/mol. The molecule has 5 rings (SSSR count). The second-order valence-electron chi connectivity index (χ2n) is 7.63. The summed E-state index contributed by atoms with van der Waals surface area (Å²) in [7, 11) is 1.61. The fourth-order valence-electron chi connectivity index (χ4n) is 3.78. The zero-order chi connectivity index (χ0) is 22.9. The highest BCUT2D eigenvalue weighted by Gasteiger charge is 2.29. The molecule has 0 fully saturated rings. The number of nitrogens with zero attached hydrogens (tertiary/aromatic N) is 4. The summed E-state index contributed by atoms with van der Waals surface area (Å²) in [5.74, 6) is 1.26. The Morgan fingerprint density at radius 1 is 1.21 bits per heavy atom. The molecule has 1 atom stereocenters. The van der Waals surface area contributed by atoms with Crippen LogP contribution in [0.15, 0.2) is 64.7 Å². The lowest BCUT2D eigenvalue weighted by Gasteiger charge is -2.13. The quantitative estimate of drug-likeness (QED) is 0.423. The van der Waals surface area contributed by atoms with E-state index in [1.54, 1.807) is 28.5 Å². The van der Waals surface area contributed by atoms with Crippen molar-refractivity contribution in [1.29, 1.82) is 0 Å². The Balaban J connectivity index is 1.34. The number of ether oxygens (including phenoxy) is 1. The van der Waals surface area contributed by atoms with E-state index >= 15 is 0 Å². The largest absolute Gasteiger partial charge is 0.497 e. The third-order valence-corrected chi connectivity index (χ3v) is 6.86. The molecule has 4 aromatic rings. The van der Waals surface area contributed by atoms with E-state index < -0.39 is 0 Å². The van der Waals surface area contributed by atoms with Crippen molar-refractivity contribution in [3.05, 3.63) is 75.7 Å². The number of rotatable bonds is 6. The van der Waals surface area contributed by atoms with Gasteiger partial charge < -0.3 is 10.1 Å². The van der Waals surface area contributed by atoms with Gasteiger partial charge in [-0.1, -0.05) is 35.5 Å². The number of thioether (sulfide) groups is 1. The molecule has 1 aliphatic rings. The topological polar surface area (TPSA) is 91.0 Å². The van der Waals surface area contributed by atoms with Crippen molar-refractivity contribution < 1.29 is 9.53 Å². The van der Waals surface area contributed by atoms with E-state index in [4.69, 9.17) is 21.3 Å². The van der Waals surface area contributed by atoms with E-state index in [1.165, 1.54) is 18.0 Å². The lowest BCUT2D eigenvalue weighted by molar-refractivity contribution is -0.121. The van der Waals surface area contributed by atoms with Crippen LogP contribution in [0, 0.1) is 0 Å². The summed E-state index contributed by atoms with van der Waals surface area (Å²) in [5.41, 5.74) is 2.04. The molecule has 0 saturated heterocycles. The van der Waals surface area contributed by atoms with Gasteiger partial charge in [0, 0.05) is 23.7 Å². The van der Waals surface area contributed by atoms with E-state index in [0.717, 1.165) is 17.0 Å². The van der Waals surface area contributed by atoms with Crippen molar-refractivity contribution in [3.8, 4) is 11.4 Å². The molecule has 33 heavy (non-hydrogen) atoms. The zero-order valence-corrected chi connectivity index (χ0v) is 19.3. The first-order valence-electron chi connectivity index (χ1n) is 10.3. The number of hydrogen-bond acceptors (Lipinski definition) is 6. The summed E-state index contributed by atoms with van der Waals surface area (Å²) in [5, 5.41) is 8.92. The zero-order valence-electron chi connectivity index (χ0n) is 17.7. The maximum atomic E-state index is 13.2. The Hall–Kier alpha value is -3.30. The molecule has 0 saturated carbocycles. The number of nitrogens with one attached hydrogen (secondary N) is 1. The third kappa shape index (κ3) is 4.21. The van der Waals surface area contributed by atoms with Gasteiger partial charge in [0.25, 0.3) is 5.56 Å². The van der Waals surface area contributed by atoms with Crippen LogP contribution in [-0.2, 0) is 11.3 Å². The first kappa shape index (κ1) is 21.5. The molecule has 2 aromatic carbocycles. The normalized spacial score (nSPS) is 14.9. The van der Waals surface area contributed by atoms with Crippen LogP contribution in [0.1, 0.15) is 18.0 Å². The van der Waals surface area contributed by atoms with Crippen LogP contribution in [0.3, 0.4) is 0 Å². The predicted octanol–water partition coefficient (Wildman–Crippen LogP) is 3.60. The molecule has 1 aliphatic heterocycles. The minimum Gasteiger partial charge on any atom is -0.497 e. The standard InChI is InChI=1S/C23H20ClN5O3S/c1-32-18-8-2-14(3-9-18)11-25-20(30)10-17-13-33-23-27-21-19(22(31)28(17)23)12-26-29(21)16-6-4-15(24)5-7-16/h2-9,12,17H,10-11,13H2,1H3,(H,25,30). The Morgan fingerprint density at radius 3 is 2.70 bits per heavy atom. The maximum Gasteiger partial charge on any atom is 0.265 e. The monoisotopic (exact) mass is 481 g/mol. The van der Waals surface area contributed by atoms with Crippen LogP contribution in [0.4, 0.5) is 0 Å². The summed E-state index contributed by atoms with van der Waals surface area (Å²) in [6, 6.07) is 14.4. The van der Waals surface area contributed by atoms with E-state index in [-0.39, 0.29) is 23.9 Å². The lowest BCUT2D eigenvalue weighted by Crippen LogP contribution is -2.30. The van der Waals surface area contributed by atoms with Crippen molar-refractivity contribution in [2.24, 2.45) is 0 Å². The highest BCUT2D eigenvalue weighted by Crippen LogP contribution is 2.33. The third-order valence-electron chi connectivity index (χ3n) is 5.51. The number of amides is 1. The molecule has 0 bridgehead atoms. The van der Waals surface area contributed by atoms with E-state index in [2.05, 4.69) is 10.4 Å². The molecule has 0 aliphatic carbocycles. The van der Waals surface area contributed by atoms with Crippen molar-refractivity contribution in [3.63, 3.8) is 0 Å². The summed E-state index contributed by atoms with van der Waals surface area (Å²) in [4.78, 5) is 30.5. The Labute approximate surface area is 198 Å². The number of carbonyl (C=O) groups is 1. The van der Waals surface area contributed by atoms with Gasteiger partial charge in [-0.3, -0.25) is 14.2 Å². The van der Waals surface area contributed by atoms with Gasteiger partial charge in [0.05, 0.1) is 25.0 Å². The van der Waals surface area contributed by atoms with Crippen molar-refractivity contribution in [2.75, 3.05) is 12.9 Å². The molecule has 2 aromatic heterocycles. The highest BCUT2D eigenvalue weighted by molar-refractivity contribution is 7.99. The van der Waals surface area contributed by atoms with Crippen LogP contribution < -0.4 is 15.6 Å². The molecule has 1 unspecified atom stereocenters. The summed E-state index contributed by atoms with van der Waals surface area (Å²) in [6.07, 6.45) is 1.73. The van der Waals surface area contributed by atoms with Crippen LogP contribution in [0.2, 0.25) is 5.02 Å². The van der Waals surface area contributed by atoms with Crippen molar-refractivity contribution in [1.82, 2.24) is 24.6 Å². The fourth-order valence-corrected chi connectivity index (χ4v) is 5.04. The molecule has 10 heteroatoms. The summed E-state index contributed by atoms with van der Waals surface area (Å²) < 4.78 is 8.40. The smallest absolute Gasteiger partial charge is 0.265 e. The highest BCUT2D eigenvalue weighted by atomic mass is 35.5. The predicted molar refractivity (Wildman–Crippen MR) is 127 cm³/mol. The second kappa shape index (κ2) is 8.92. The van der Waals surface area contributed by atoms with E-state index in [0.29, 0.717) is 33.5 Å². The van der Waals surface area contributed by atoms with Crippen LogP contribution >= 0.6 is 23.4 Å². The average molecular weight is 482 g/mol. The summed E-state index contributed by atoms with van der Waals surface area (Å²) >= 11 is 7.45. The molecule has 8 nitrogen and oxygen atoms in total. The Kier molecular flexibility index (Phi) is 5.82. The first-order chi connectivity index (χ1) is 16.0. The summed E-state index contributed by atoms with van der Waals surface area (Å²) in [6.45, 7) is 0.412. The molecule has 0 spiro atoms. The minimum atomic E-state index is -0.260. The number of fused-ring (bicyclic) bond motifs is 2. The molecule has 1 N–H and O–H groups in total. The van der Waals surface area contributed by atoms with Gasteiger partial charge in [0.1, 0.15) is 11.1 Å². The molecule has 1 amide bonds. The van der Waals surface area contributed by atoms with Gasteiger partial charge in [-0.05, 0) is 42.0 Å².